The van der Waals surface area contributed by atoms with Crippen molar-refractivity contribution in [3.63, 3.8) is 0 Å². The van der Waals surface area contributed by atoms with Crippen molar-refractivity contribution < 1.29 is 43.9 Å². The van der Waals surface area contributed by atoms with Gasteiger partial charge < -0.3 is 39.3 Å². The first-order valence-corrected chi connectivity index (χ1v) is 13.1. The van der Waals surface area contributed by atoms with Crippen LogP contribution in [0.2, 0.25) is 0 Å². The molecule has 0 saturated carbocycles. The van der Waals surface area contributed by atoms with Gasteiger partial charge in [0.15, 0.2) is 6.61 Å². The number of halogens is 1. The third-order valence-electron chi connectivity index (χ3n) is 6.27. The van der Waals surface area contributed by atoms with Crippen molar-refractivity contribution in [2.45, 2.75) is 58.3 Å². The van der Waals surface area contributed by atoms with E-state index in [1.54, 1.807) is 23.1 Å². The van der Waals surface area contributed by atoms with Crippen LogP contribution in [0.5, 0.6) is 5.75 Å². The summed E-state index contributed by atoms with van der Waals surface area (Å²) >= 11 is 0. The smallest absolute Gasteiger partial charge is 0.341 e. The lowest BCUT2D eigenvalue weighted by molar-refractivity contribution is -0.140. The van der Waals surface area contributed by atoms with Crippen molar-refractivity contribution in [3.8, 4) is 5.75 Å². The molecular weight excluding hydrogens is 532 g/mol. The van der Waals surface area contributed by atoms with Gasteiger partial charge in [0.25, 0.3) is 5.91 Å². The van der Waals surface area contributed by atoms with E-state index in [4.69, 9.17) is 19.3 Å². The molecule has 0 unspecified atom stereocenters. The van der Waals surface area contributed by atoms with Crippen LogP contribution in [0.25, 0.3) is 0 Å². The summed E-state index contributed by atoms with van der Waals surface area (Å²) in [5, 5.41) is 30.1. The molecule has 0 aromatic heterocycles. The van der Waals surface area contributed by atoms with Gasteiger partial charge in [-0.1, -0.05) is 19.9 Å². The molecule has 222 valence electrons. The number of benzene rings is 1. The van der Waals surface area contributed by atoms with E-state index in [1.165, 1.54) is 17.9 Å². The van der Waals surface area contributed by atoms with Gasteiger partial charge in [0, 0.05) is 51.9 Å². The summed E-state index contributed by atoms with van der Waals surface area (Å²) in [6, 6.07) is 6.33. The summed E-state index contributed by atoms with van der Waals surface area (Å²) in [5.41, 5.74) is 0.341. The third-order valence-corrected chi connectivity index (χ3v) is 6.27. The van der Waals surface area contributed by atoms with Gasteiger partial charge in [-0.3, -0.25) is 9.59 Å². The van der Waals surface area contributed by atoms with E-state index in [0.717, 1.165) is 6.42 Å². The van der Waals surface area contributed by atoms with Crippen LogP contribution in [0, 0.1) is 5.92 Å². The van der Waals surface area contributed by atoms with Crippen molar-refractivity contribution in [1.29, 1.82) is 0 Å². The van der Waals surface area contributed by atoms with Gasteiger partial charge in [-0.15, -0.1) is 12.4 Å². The van der Waals surface area contributed by atoms with E-state index in [9.17, 15) is 24.6 Å². The molecule has 39 heavy (non-hydrogen) atoms. The topological polar surface area (TPSA) is 146 Å². The maximum atomic E-state index is 13.4. The van der Waals surface area contributed by atoms with Crippen LogP contribution < -0.4 is 4.74 Å². The van der Waals surface area contributed by atoms with E-state index in [-0.39, 0.29) is 56.2 Å². The van der Waals surface area contributed by atoms with Gasteiger partial charge in [-0.2, -0.15) is 0 Å². The summed E-state index contributed by atoms with van der Waals surface area (Å²) in [6.07, 6.45) is -1.23. The number of ether oxygens (including phenoxy) is 3. The zero-order chi connectivity index (χ0) is 28.1. The van der Waals surface area contributed by atoms with Crippen LogP contribution in [0.1, 0.15) is 50.4 Å². The van der Waals surface area contributed by atoms with Crippen molar-refractivity contribution in [3.05, 3.63) is 29.8 Å². The number of aliphatic hydroxyl groups excluding tert-OH is 2. The number of carboxylic acid groups (broad SMARTS) is 1. The standard InChI is InChI=1S/C27H42N2O9.ClH/c1-19(2)9-14-37-24-16-29(20(3)30)12-11-28(10-4-5-13-36-17-23(31)26(24)34)27(35)21-7-6-8-22(15-21)38-18-25(32)33;/h6-8,15,19,23-24,26,31,34H,4-5,9-14,16-18H2,1-3H3,(H,32,33);1H/t23-,24-,26-;/m1./s1. The first-order valence-electron chi connectivity index (χ1n) is 13.1. The Morgan fingerprint density at radius 1 is 1.10 bits per heavy atom. The second-order valence-corrected chi connectivity index (χ2v) is 9.90. The molecule has 0 bridgehead atoms. The Kier molecular flexibility index (Phi) is 16.0. The first-order chi connectivity index (χ1) is 18.1. The third kappa shape index (κ3) is 12.5. The molecule has 12 heteroatoms. The van der Waals surface area contributed by atoms with Crippen molar-refractivity contribution in [2.75, 3.05) is 52.6 Å². The molecule has 1 fully saturated rings. The molecule has 1 aliphatic heterocycles. The Hall–Kier alpha value is -2.44. The zero-order valence-corrected chi connectivity index (χ0v) is 23.8. The predicted octanol–water partition coefficient (Wildman–Crippen LogP) is 1.83. The Morgan fingerprint density at radius 3 is 2.49 bits per heavy atom. The van der Waals surface area contributed by atoms with Crippen LogP contribution in [0.4, 0.5) is 0 Å². The van der Waals surface area contributed by atoms with Crippen molar-refractivity contribution in [1.82, 2.24) is 9.80 Å². The summed E-state index contributed by atoms with van der Waals surface area (Å²) < 4.78 is 16.7. The number of aliphatic hydroxyl groups is 2. The highest BCUT2D eigenvalue weighted by Crippen LogP contribution is 2.17. The van der Waals surface area contributed by atoms with Gasteiger partial charge in [0.1, 0.15) is 24.1 Å². The van der Waals surface area contributed by atoms with Crippen LogP contribution in [0.15, 0.2) is 24.3 Å². The van der Waals surface area contributed by atoms with E-state index >= 15 is 0 Å². The summed E-state index contributed by atoms with van der Waals surface area (Å²) in [7, 11) is 0. The highest BCUT2D eigenvalue weighted by molar-refractivity contribution is 5.94. The largest absolute Gasteiger partial charge is 0.482 e. The van der Waals surface area contributed by atoms with Crippen molar-refractivity contribution >= 4 is 30.2 Å². The van der Waals surface area contributed by atoms with E-state index in [2.05, 4.69) is 13.8 Å². The number of carbonyl (C=O) groups is 3. The fraction of sp³-hybridized carbons (Fsp3) is 0.667. The summed E-state index contributed by atoms with van der Waals surface area (Å²) in [4.78, 5) is 39.9. The molecule has 3 N–H and O–H groups in total. The van der Waals surface area contributed by atoms with E-state index < -0.39 is 30.9 Å². The molecule has 1 heterocycles. The Bertz CT molecular complexity index is 902. The minimum atomic E-state index is -1.25. The van der Waals surface area contributed by atoms with Gasteiger partial charge in [0.05, 0.1) is 6.61 Å². The molecule has 2 amide bonds. The number of nitrogens with zero attached hydrogens (tertiary/aromatic N) is 2. The average Bonchev–Trinajstić information content (AvgIpc) is 2.87. The van der Waals surface area contributed by atoms with Crippen LogP contribution in [0.3, 0.4) is 0 Å². The number of carbonyl (C=O) groups excluding carboxylic acids is 2. The summed E-state index contributed by atoms with van der Waals surface area (Å²) in [6.45, 7) is 6.54. The first kappa shape index (κ1) is 34.6. The molecule has 0 spiro atoms. The lowest BCUT2D eigenvalue weighted by Gasteiger charge is -2.33. The summed E-state index contributed by atoms with van der Waals surface area (Å²) in [5.74, 6) is -0.984. The van der Waals surface area contributed by atoms with Gasteiger partial charge in [0.2, 0.25) is 5.91 Å². The van der Waals surface area contributed by atoms with Crippen LogP contribution in [-0.4, -0.2) is 114 Å². The molecule has 1 aromatic rings. The van der Waals surface area contributed by atoms with Gasteiger partial charge >= 0.3 is 5.97 Å². The second-order valence-electron chi connectivity index (χ2n) is 9.90. The predicted molar refractivity (Wildman–Crippen MR) is 146 cm³/mol. The quantitative estimate of drug-likeness (QED) is 0.423. The average molecular weight is 575 g/mol. The number of aliphatic carboxylic acids is 1. The maximum Gasteiger partial charge on any atom is 0.341 e. The highest BCUT2D eigenvalue weighted by Gasteiger charge is 2.31. The van der Waals surface area contributed by atoms with Crippen LogP contribution in [-0.2, 0) is 19.1 Å². The van der Waals surface area contributed by atoms with Gasteiger partial charge in [-0.05, 0) is 43.4 Å². The lowest BCUT2D eigenvalue weighted by Crippen LogP contribution is -2.50. The zero-order valence-electron chi connectivity index (χ0n) is 23.0. The van der Waals surface area contributed by atoms with Crippen molar-refractivity contribution in [2.24, 2.45) is 5.92 Å². The Labute approximate surface area is 236 Å². The molecule has 0 radical (unpaired) electrons. The molecule has 1 saturated heterocycles. The Morgan fingerprint density at radius 2 is 1.82 bits per heavy atom. The molecule has 3 atom stereocenters. The molecular formula is C27H43ClN2O9. The SMILES string of the molecule is CC(=O)N1CCN(C(=O)c2cccc(OCC(=O)O)c2)CCCCOC[C@@H](O)[C@@H](O)[C@H](OCCC(C)C)C1.Cl. The number of rotatable bonds is 8. The fourth-order valence-electron chi connectivity index (χ4n) is 3.97. The number of hydrogen-bond donors (Lipinski definition) is 3. The maximum absolute atomic E-state index is 13.4. The number of amides is 2. The monoisotopic (exact) mass is 574 g/mol. The highest BCUT2D eigenvalue weighted by atomic mass is 35.5. The molecule has 0 aliphatic carbocycles. The Balaban J connectivity index is 0.00000760. The molecule has 11 nitrogen and oxygen atoms in total. The number of carboxylic acids is 1. The number of hydrogen-bond acceptors (Lipinski definition) is 8. The van der Waals surface area contributed by atoms with E-state index in [0.29, 0.717) is 44.1 Å². The second kappa shape index (κ2) is 18.0. The fourth-order valence-corrected chi connectivity index (χ4v) is 3.97. The molecule has 1 aliphatic rings. The lowest BCUT2D eigenvalue weighted by atomic mass is 10.1. The van der Waals surface area contributed by atoms with Gasteiger partial charge in [-0.25, -0.2) is 4.79 Å². The minimum absolute atomic E-state index is 0. The minimum Gasteiger partial charge on any atom is -0.482 e. The van der Waals surface area contributed by atoms with Crippen LogP contribution >= 0.6 is 12.4 Å². The van der Waals surface area contributed by atoms with E-state index in [1.807, 2.05) is 0 Å². The normalized spacial score (nSPS) is 21.5. The molecule has 1 aromatic carbocycles. The molecule has 2 rings (SSSR count).